The number of H-pyrrole nitrogens is 1. The number of ketones is 1. The van der Waals surface area contributed by atoms with Gasteiger partial charge in [-0.15, -0.1) is 11.3 Å². The predicted molar refractivity (Wildman–Crippen MR) is 93.1 cm³/mol. The molecule has 0 bridgehead atoms. The summed E-state index contributed by atoms with van der Waals surface area (Å²) in [6.07, 6.45) is -4.92. The summed E-state index contributed by atoms with van der Waals surface area (Å²) < 4.78 is 38.0. The van der Waals surface area contributed by atoms with Crippen molar-refractivity contribution in [1.82, 2.24) is 10.2 Å². The summed E-state index contributed by atoms with van der Waals surface area (Å²) in [5, 5.41) is 16.9. The monoisotopic (exact) mass is 394 g/mol. The van der Waals surface area contributed by atoms with Gasteiger partial charge in [0, 0.05) is 10.9 Å². The summed E-state index contributed by atoms with van der Waals surface area (Å²) in [4.78, 5) is 23.9. The van der Waals surface area contributed by atoms with E-state index < -0.39 is 29.9 Å². The van der Waals surface area contributed by atoms with Gasteiger partial charge in [-0.1, -0.05) is 29.8 Å². The predicted octanol–water partition coefficient (Wildman–Crippen LogP) is 4.59. The number of thiophene rings is 1. The summed E-state index contributed by atoms with van der Waals surface area (Å²) in [5.74, 6) is -1.89. The molecule has 0 saturated carbocycles. The number of aromatic carboxylic acids is 1. The molecule has 2 heterocycles. The summed E-state index contributed by atoms with van der Waals surface area (Å²) in [7, 11) is 0. The number of nitrogens with one attached hydrogen (secondary N) is 1. The SMILES string of the molecule is Cc1ccc(-c2n[nH]c(CC(=O)c3cc(C(F)(F)F)cs3)c2C(=O)O)cc1. The fraction of sp³-hybridized carbons (Fsp3) is 0.167. The Labute approximate surface area is 155 Å². The van der Waals surface area contributed by atoms with Crippen molar-refractivity contribution in [3.63, 3.8) is 0 Å². The number of hydrogen-bond donors (Lipinski definition) is 2. The lowest BCUT2D eigenvalue weighted by Gasteiger charge is -2.02. The maximum atomic E-state index is 12.7. The molecule has 5 nitrogen and oxygen atoms in total. The van der Waals surface area contributed by atoms with Crippen LogP contribution in [0.5, 0.6) is 0 Å². The van der Waals surface area contributed by atoms with E-state index in [1.807, 2.05) is 6.92 Å². The summed E-state index contributed by atoms with van der Waals surface area (Å²) in [6.45, 7) is 1.88. The highest BCUT2D eigenvalue weighted by Gasteiger charge is 2.32. The van der Waals surface area contributed by atoms with Gasteiger partial charge in [0.2, 0.25) is 0 Å². The van der Waals surface area contributed by atoms with Crippen LogP contribution < -0.4 is 0 Å². The lowest BCUT2D eigenvalue weighted by molar-refractivity contribution is -0.137. The van der Waals surface area contributed by atoms with E-state index in [4.69, 9.17) is 0 Å². The van der Waals surface area contributed by atoms with Crippen molar-refractivity contribution in [1.29, 1.82) is 0 Å². The molecule has 0 aliphatic carbocycles. The van der Waals surface area contributed by atoms with Crippen molar-refractivity contribution >= 4 is 23.1 Å². The number of carboxylic acid groups (broad SMARTS) is 1. The highest BCUT2D eigenvalue weighted by Crippen LogP contribution is 2.33. The van der Waals surface area contributed by atoms with Crippen molar-refractivity contribution in [2.24, 2.45) is 0 Å². The third-order valence-electron chi connectivity index (χ3n) is 3.92. The number of carboxylic acids is 1. The third kappa shape index (κ3) is 3.92. The zero-order valence-corrected chi connectivity index (χ0v) is 14.7. The summed E-state index contributed by atoms with van der Waals surface area (Å²) in [5.41, 5.74) is 0.694. The van der Waals surface area contributed by atoms with E-state index in [1.165, 1.54) is 0 Å². The van der Waals surface area contributed by atoms with Crippen LogP contribution in [0.1, 0.15) is 36.9 Å². The van der Waals surface area contributed by atoms with E-state index in [9.17, 15) is 27.9 Å². The highest BCUT2D eigenvalue weighted by molar-refractivity contribution is 7.12. The maximum absolute atomic E-state index is 12.7. The quantitative estimate of drug-likeness (QED) is 0.620. The minimum atomic E-state index is -4.53. The topological polar surface area (TPSA) is 83.0 Å². The molecule has 0 unspecified atom stereocenters. The smallest absolute Gasteiger partial charge is 0.417 e. The molecule has 3 rings (SSSR count). The van der Waals surface area contributed by atoms with Gasteiger partial charge in [0.05, 0.1) is 22.6 Å². The standard InChI is InChI=1S/C18H13F3N2O3S/c1-9-2-4-10(5-3-9)16-15(17(25)26)12(22-23-16)7-13(24)14-6-11(8-27-14)18(19,20)21/h2-6,8H,7H2,1H3,(H,22,23)(H,25,26). The van der Waals surface area contributed by atoms with Gasteiger partial charge in [-0.2, -0.15) is 18.3 Å². The van der Waals surface area contributed by atoms with E-state index >= 15 is 0 Å². The number of aromatic amines is 1. The number of benzene rings is 1. The normalized spacial score (nSPS) is 11.6. The molecule has 140 valence electrons. The van der Waals surface area contributed by atoms with Crippen LogP contribution in [0.2, 0.25) is 0 Å². The number of alkyl halides is 3. The Bertz CT molecular complexity index is 1000. The first-order chi connectivity index (χ1) is 12.7. The van der Waals surface area contributed by atoms with Crippen molar-refractivity contribution in [3.05, 3.63) is 63.0 Å². The van der Waals surface area contributed by atoms with E-state index in [0.717, 1.165) is 17.0 Å². The van der Waals surface area contributed by atoms with Crippen LogP contribution in [-0.4, -0.2) is 27.1 Å². The molecular weight excluding hydrogens is 381 g/mol. The van der Waals surface area contributed by atoms with Crippen molar-refractivity contribution in [2.75, 3.05) is 0 Å². The van der Waals surface area contributed by atoms with Gasteiger partial charge in [0.1, 0.15) is 11.3 Å². The first-order valence-electron chi connectivity index (χ1n) is 7.73. The van der Waals surface area contributed by atoms with Gasteiger partial charge in [-0.3, -0.25) is 9.89 Å². The second-order valence-electron chi connectivity index (χ2n) is 5.89. The first-order valence-corrected chi connectivity index (χ1v) is 8.61. The fourth-order valence-electron chi connectivity index (χ4n) is 2.54. The van der Waals surface area contributed by atoms with Crippen molar-refractivity contribution < 1.29 is 27.9 Å². The average Bonchev–Trinajstić information content (AvgIpc) is 3.22. The Hall–Kier alpha value is -2.94. The molecule has 9 heteroatoms. The maximum Gasteiger partial charge on any atom is 0.417 e. The molecule has 0 saturated heterocycles. The number of aryl methyl sites for hydroxylation is 1. The first kappa shape index (κ1) is 18.8. The average molecular weight is 394 g/mol. The van der Waals surface area contributed by atoms with Crippen LogP contribution in [0.4, 0.5) is 13.2 Å². The van der Waals surface area contributed by atoms with Crippen LogP contribution in [0.3, 0.4) is 0 Å². The van der Waals surface area contributed by atoms with Gasteiger partial charge in [0.25, 0.3) is 0 Å². The lowest BCUT2D eigenvalue weighted by Crippen LogP contribution is -2.08. The molecular formula is C18H13F3N2O3S. The molecule has 3 aromatic rings. The largest absolute Gasteiger partial charge is 0.478 e. The summed E-state index contributed by atoms with van der Waals surface area (Å²) >= 11 is 0.672. The number of nitrogens with zero attached hydrogens (tertiary/aromatic N) is 1. The number of carbonyl (C=O) groups is 2. The van der Waals surface area contributed by atoms with Crippen molar-refractivity contribution in [2.45, 2.75) is 19.5 Å². The van der Waals surface area contributed by atoms with Crippen LogP contribution in [0.25, 0.3) is 11.3 Å². The van der Waals surface area contributed by atoms with Crippen molar-refractivity contribution in [3.8, 4) is 11.3 Å². The molecule has 0 aliphatic rings. The minimum Gasteiger partial charge on any atom is -0.478 e. The zero-order chi connectivity index (χ0) is 19.8. The Morgan fingerprint density at radius 2 is 1.89 bits per heavy atom. The summed E-state index contributed by atoms with van der Waals surface area (Å²) in [6, 6.07) is 7.77. The number of rotatable bonds is 5. The zero-order valence-electron chi connectivity index (χ0n) is 13.9. The highest BCUT2D eigenvalue weighted by atomic mass is 32.1. The van der Waals surface area contributed by atoms with E-state index in [1.54, 1.807) is 24.3 Å². The van der Waals surface area contributed by atoms with Gasteiger partial charge in [0.15, 0.2) is 5.78 Å². The van der Waals surface area contributed by atoms with Gasteiger partial charge in [-0.25, -0.2) is 4.79 Å². The molecule has 2 aromatic heterocycles. The van der Waals surface area contributed by atoms with Crippen LogP contribution >= 0.6 is 11.3 Å². The molecule has 0 spiro atoms. The van der Waals surface area contributed by atoms with Crippen LogP contribution in [0.15, 0.2) is 35.7 Å². The number of carbonyl (C=O) groups excluding carboxylic acids is 1. The van der Waals surface area contributed by atoms with E-state index in [-0.39, 0.29) is 21.8 Å². The Morgan fingerprint density at radius 3 is 2.44 bits per heavy atom. The van der Waals surface area contributed by atoms with Gasteiger partial charge < -0.3 is 5.11 Å². The minimum absolute atomic E-state index is 0.0463. The van der Waals surface area contributed by atoms with E-state index in [0.29, 0.717) is 16.9 Å². The second kappa shape index (κ2) is 6.99. The van der Waals surface area contributed by atoms with E-state index in [2.05, 4.69) is 10.2 Å². The number of aromatic nitrogens is 2. The lowest BCUT2D eigenvalue weighted by atomic mass is 10.0. The molecule has 0 aliphatic heterocycles. The second-order valence-corrected chi connectivity index (χ2v) is 6.81. The molecule has 0 fully saturated rings. The fourth-order valence-corrected chi connectivity index (χ4v) is 3.39. The molecule has 27 heavy (non-hydrogen) atoms. The van der Waals surface area contributed by atoms with Crippen LogP contribution in [0, 0.1) is 6.92 Å². The molecule has 1 aromatic carbocycles. The Morgan fingerprint density at radius 1 is 1.22 bits per heavy atom. The number of Topliss-reactive ketones (excluding diaryl/α,β-unsaturated/α-hetero) is 1. The van der Waals surface area contributed by atoms with Gasteiger partial charge >= 0.3 is 12.1 Å². The Balaban J connectivity index is 1.91. The number of halogens is 3. The van der Waals surface area contributed by atoms with Gasteiger partial charge in [-0.05, 0) is 13.0 Å². The molecule has 0 radical (unpaired) electrons. The number of hydrogen-bond acceptors (Lipinski definition) is 4. The van der Waals surface area contributed by atoms with Crippen LogP contribution in [-0.2, 0) is 12.6 Å². The molecule has 2 N–H and O–H groups in total. The third-order valence-corrected chi connectivity index (χ3v) is 4.89. The Kier molecular flexibility index (Phi) is 4.88. The molecule has 0 amide bonds. The molecule has 0 atom stereocenters.